The Morgan fingerprint density at radius 3 is 2.80 bits per heavy atom. The number of aromatic nitrogens is 1. The van der Waals surface area contributed by atoms with Gasteiger partial charge in [0.2, 0.25) is 0 Å². The van der Waals surface area contributed by atoms with E-state index in [4.69, 9.17) is 0 Å². The average Bonchev–Trinajstić information content (AvgIpc) is 3.01. The fourth-order valence-corrected chi connectivity index (χ4v) is 2.43. The standard InChI is InChI=1S/C17H16N2O/c1-17(2,15-8-3-4-11-18-15)19-16(20)14-10-9-12-6-5-7-13(12)14/h3-11H,1-2H3,(H,19,20). The highest BCUT2D eigenvalue weighted by molar-refractivity contribution is 6.01. The summed E-state index contributed by atoms with van der Waals surface area (Å²) in [6.07, 6.45) is 11.5. The number of carbonyl (C=O) groups is 1. The molecular formula is C17H16N2O. The van der Waals surface area contributed by atoms with E-state index < -0.39 is 5.54 Å². The molecule has 0 saturated heterocycles. The Balaban J connectivity index is 1.84. The number of carbonyl (C=O) groups excluding carboxylic acids is 1. The van der Waals surface area contributed by atoms with Gasteiger partial charge in [0.25, 0.3) is 5.91 Å². The summed E-state index contributed by atoms with van der Waals surface area (Å²) in [6, 6.07) is 5.71. The van der Waals surface area contributed by atoms with Gasteiger partial charge in [-0.15, -0.1) is 0 Å². The molecule has 1 aromatic heterocycles. The van der Waals surface area contributed by atoms with E-state index in [1.165, 1.54) is 0 Å². The predicted octanol–water partition coefficient (Wildman–Crippen LogP) is 2.80. The highest BCUT2D eigenvalue weighted by atomic mass is 16.1. The molecule has 0 fully saturated rings. The average molecular weight is 264 g/mol. The van der Waals surface area contributed by atoms with Crippen molar-refractivity contribution in [1.82, 2.24) is 10.3 Å². The summed E-state index contributed by atoms with van der Waals surface area (Å²) < 4.78 is 0. The Morgan fingerprint density at radius 1 is 1.20 bits per heavy atom. The Kier molecular flexibility index (Phi) is 2.90. The van der Waals surface area contributed by atoms with Gasteiger partial charge in [0.15, 0.2) is 0 Å². The molecule has 1 aromatic rings. The van der Waals surface area contributed by atoms with Crippen LogP contribution in [0.4, 0.5) is 0 Å². The van der Waals surface area contributed by atoms with E-state index in [-0.39, 0.29) is 5.91 Å². The van der Waals surface area contributed by atoms with E-state index >= 15 is 0 Å². The van der Waals surface area contributed by atoms with Gasteiger partial charge in [-0.1, -0.05) is 30.4 Å². The van der Waals surface area contributed by atoms with Crippen LogP contribution in [0.15, 0.2) is 71.5 Å². The SMILES string of the molecule is CC(C)(NC(=O)C1=C2C=CC=C2C=C1)c1ccccn1. The molecule has 100 valence electrons. The fraction of sp³-hybridized carbons (Fsp3) is 0.176. The van der Waals surface area contributed by atoms with Gasteiger partial charge < -0.3 is 5.32 Å². The quantitative estimate of drug-likeness (QED) is 0.912. The summed E-state index contributed by atoms with van der Waals surface area (Å²) in [7, 11) is 0. The minimum Gasteiger partial charge on any atom is -0.341 e. The van der Waals surface area contributed by atoms with Gasteiger partial charge in [-0.2, -0.15) is 0 Å². The second-order valence-corrected chi connectivity index (χ2v) is 5.44. The number of pyridine rings is 1. The molecule has 0 spiro atoms. The van der Waals surface area contributed by atoms with Crippen LogP contribution in [0.25, 0.3) is 0 Å². The number of nitrogens with zero attached hydrogens (tertiary/aromatic N) is 1. The second kappa shape index (κ2) is 4.60. The molecular weight excluding hydrogens is 248 g/mol. The maximum Gasteiger partial charge on any atom is 0.252 e. The fourth-order valence-electron chi connectivity index (χ4n) is 2.43. The lowest BCUT2D eigenvalue weighted by atomic mass is 9.98. The largest absolute Gasteiger partial charge is 0.341 e. The van der Waals surface area contributed by atoms with Gasteiger partial charge in [-0.25, -0.2) is 0 Å². The van der Waals surface area contributed by atoms with Crippen molar-refractivity contribution in [3.8, 4) is 0 Å². The van der Waals surface area contributed by atoms with Crippen molar-refractivity contribution in [1.29, 1.82) is 0 Å². The Bertz CT molecular complexity index is 676. The van der Waals surface area contributed by atoms with Crippen molar-refractivity contribution in [2.45, 2.75) is 19.4 Å². The first-order valence-corrected chi connectivity index (χ1v) is 6.63. The van der Waals surface area contributed by atoms with Crippen LogP contribution in [0.5, 0.6) is 0 Å². The minimum atomic E-state index is -0.505. The Labute approximate surface area is 118 Å². The second-order valence-electron chi connectivity index (χ2n) is 5.44. The number of hydrogen-bond acceptors (Lipinski definition) is 2. The van der Waals surface area contributed by atoms with Gasteiger partial charge in [-0.05, 0) is 43.2 Å². The molecule has 1 heterocycles. The van der Waals surface area contributed by atoms with E-state index in [0.29, 0.717) is 5.57 Å². The first-order valence-electron chi connectivity index (χ1n) is 6.63. The lowest BCUT2D eigenvalue weighted by molar-refractivity contribution is -0.118. The number of rotatable bonds is 3. The third kappa shape index (κ3) is 2.11. The topological polar surface area (TPSA) is 42.0 Å². The van der Waals surface area contributed by atoms with Gasteiger partial charge in [0, 0.05) is 11.8 Å². The molecule has 0 aliphatic heterocycles. The van der Waals surface area contributed by atoms with Crippen molar-refractivity contribution in [2.75, 3.05) is 0 Å². The normalized spacial score (nSPS) is 16.4. The van der Waals surface area contributed by atoms with E-state index in [0.717, 1.165) is 16.8 Å². The van der Waals surface area contributed by atoms with Crippen molar-refractivity contribution in [3.05, 3.63) is 77.2 Å². The number of nitrogens with one attached hydrogen (secondary N) is 1. The number of amides is 1. The predicted molar refractivity (Wildman–Crippen MR) is 78.8 cm³/mol. The maximum absolute atomic E-state index is 12.5. The Hall–Kier alpha value is -2.42. The van der Waals surface area contributed by atoms with E-state index in [1.54, 1.807) is 6.20 Å². The highest BCUT2D eigenvalue weighted by Gasteiger charge is 2.27. The van der Waals surface area contributed by atoms with E-state index in [1.807, 2.05) is 62.4 Å². The van der Waals surface area contributed by atoms with E-state index in [9.17, 15) is 4.79 Å². The molecule has 0 unspecified atom stereocenters. The molecule has 20 heavy (non-hydrogen) atoms. The zero-order valence-corrected chi connectivity index (χ0v) is 11.6. The summed E-state index contributed by atoms with van der Waals surface area (Å²) in [4.78, 5) is 16.8. The summed E-state index contributed by atoms with van der Waals surface area (Å²) in [5.74, 6) is -0.0677. The van der Waals surface area contributed by atoms with Crippen molar-refractivity contribution < 1.29 is 4.79 Å². The van der Waals surface area contributed by atoms with Crippen molar-refractivity contribution in [2.24, 2.45) is 0 Å². The summed E-state index contributed by atoms with van der Waals surface area (Å²) in [5, 5.41) is 3.06. The monoisotopic (exact) mass is 264 g/mol. The summed E-state index contributed by atoms with van der Waals surface area (Å²) in [6.45, 7) is 3.91. The third-order valence-corrected chi connectivity index (χ3v) is 3.55. The molecule has 1 amide bonds. The van der Waals surface area contributed by atoms with Crippen LogP contribution in [0.1, 0.15) is 19.5 Å². The van der Waals surface area contributed by atoms with Crippen molar-refractivity contribution >= 4 is 5.91 Å². The van der Waals surface area contributed by atoms with Crippen LogP contribution in [0.2, 0.25) is 0 Å². The molecule has 0 aromatic carbocycles. The molecule has 2 aliphatic rings. The van der Waals surface area contributed by atoms with Crippen molar-refractivity contribution in [3.63, 3.8) is 0 Å². The molecule has 0 saturated carbocycles. The minimum absolute atomic E-state index is 0.0677. The smallest absolute Gasteiger partial charge is 0.252 e. The van der Waals surface area contributed by atoms with Crippen LogP contribution >= 0.6 is 0 Å². The molecule has 1 N–H and O–H groups in total. The van der Waals surface area contributed by atoms with Crippen LogP contribution in [0.3, 0.4) is 0 Å². The molecule has 0 radical (unpaired) electrons. The lowest BCUT2D eigenvalue weighted by Crippen LogP contribution is -2.42. The van der Waals surface area contributed by atoms with Gasteiger partial charge >= 0.3 is 0 Å². The maximum atomic E-state index is 12.5. The van der Waals surface area contributed by atoms with Gasteiger partial charge in [0.05, 0.1) is 11.2 Å². The molecule has 2 aliphatic carbocycles. The number of allylic oxidation sites excluding steroid dienone is 6. The molecule has 0 atom stereocenters. The van der Waals surface area contributed by atoms with Crippen LogP contribution in [0, 0.1) is 0 Å². The van der Waals surface area contributed by atoms with Gasteiger partial charge in [-0.3, -0.25) is 9.78 Å². The van der Waals surface area contributed by atoms with E-state index in [2.05, 4.69) is 10.3 Å². The van der Waals surface area contributed by atoms with Crippen LogP contribution in [-0.4, -0.2) is 10.9 Å². The first-order chi connectivity index (χ1) is 9.58. The Morgan fingerprint density at radius 2 is 2.05 bits per heavy atom. The van der Waals surface area contributed by atoms with Crippen LogP contribution < -0.4 is 5.32 Å². The first kappa shape index (κ1) is 12.6. The zero-order valence-electron chi connectivity index (χ0n) is 11.6. The van der Waals surface area contributed by atoms with Crippen LogP contribution in [-0.2, 0) is 10.3 Å². The number of fused-ring (bicyclic) bond motifs is 1. The zero-order chi connectivity index (χ0) is 14.2. The summed E-state index contributed by atoms with van der Waals surface area (Å²) >= 11 is 0. The lowest BCUT2D eigenvalue weighted by Gasteiger charge is -2.26. The summed E-state index contributed by atoms with van der Waals surface area (Å²) in [5.41, 5.74) is 3.16. The molecule has 3 heteroatoms. The molecule has 3 nitrogen and oxygen atoms in total. The third-order valence-electron chi connectivity index (χ3n) is 3.55. The highest BCUT2D eigenvalue weighted by Crippen LogP contribution is 2.30. The van der Waals surface area contributed by atoms with Gasteiger partial charge in [0.1, 0.15) is 0 Å². The molecule has 0 bridgehead atoms. The number of hydrogen-bond donors (Lipinski definition) is 1. The molecule has 3 rings (SSSR count).